The molecule has 0 aliphatic carbocycles. The quantitative estimate of drug-likeness (QED) is 0.779. The zero-order valence-corrected chi connectivity index (χ0v) is 11.2. The maximum atomic E-state index is 10.1. The number of aliphatic hydroxyl groups is 1. The van der Waals surface area contributed by atoms with E-state index >= 15 is 0 Å². The van der Waals surface area contributed by atoms with Crippen molar-refractivity contribution in [1.29, 1.82) is 0 Å². The summed E-state index contributed by atoms with van der Waals surface area (Å²) in [5.41, 5.74) is 1.52. The highest BCUT2D eigenvalue weighted by atomic mass is 16.5. The lowest BCUT2D eigenvalue weighted by Crippen LogP contribution is -2.10. The van der Waals surface area contributed by atoms with E-state index < -0.39 is 6.10 Å². The minimum absolute atomic E-state index is 0.148. The summed E-state index contributed by atoms with van der Waals surface area (Å²) in [6.45, 7) is 0.148. The molecule has 1 unspecified atom stereocenters. The summed E-state index contributed by atoms with van der Waals surface area (Å²) >= 11 is 0. The van der Waals surface area contributed by atoms with Crippen LogP contribution in [-0.2, 0) is 0 Å². The van der Waals surface area contributed by atoms with Crippen LogP contribution >= 0.6 is 0 Å². The molecule has 3 rings (SSSR count). The third-order valence-electron chi connectivity index (χ3n) is 3.06. The molecule has 0 aliphatic rings. The van der Waals surface area contributed by atoms with Gasteiger partial charge in [-0.15, -0.1) is 10.2 Å². The third kappa shape index (κ3) is 3.09. The molecule has 2 aromatic carbocycles. The Hall–Kier alpha value is -2.66. The molecular formula is C16H14N2O3. The van der Waals surface area contributed by atoms with E-state index in [1.165, 1.54) is 6.39 Å². The maximum absolute atomic E-state index is 10.1. The van der Waals surface area contributed by atoms with Gasteiger partial charge in [-0.1, -0.05) is 42.5 Å². The van der Waals surface area contributed by atoms with Gasteiger partial charge in [-0.2, -0.15) is 0 Å². The number of hydrogen-bond acceptors (Lipinski definition) is 5. The number of rotatable bonds is 5. The van der Waals surface area contributed by atoms with Gasteiger partial charge in [0.05, 0.1) is 5.56 Å². The molecule has 5 nitrogen and oxygen atoms in total. The van der Waals surface area contributed by atoms with Crippen molar-refractivity contribution in [1.82, 2.24) is 10.2 Å². The summed E-state index contributed by atoms with van der Waals surface area (Å²) < 4.78 is 10.9. The SMILES string of the molecule is OC(COc1ccccc1-c1nnco1)c1ccccc1. The standard InChI is InChI=1S/C16H14N2O3/c19-14(12-6-2-1-3-7-12)10-20-15-9-5-4-8-13(15)16-18-17-11-21-16/h1-9,11,14,19H,10H2. The summed E-state index contributed by atoms with van der Waals surface area (Å²) in [5.74, 6) is 0.983. The van der Waals surface area contributed by atoms with E-state index in [0.29, 0.717) is 17.2 Å². The largest absolute Gasteiger partial charge is 0.490 e. The Bertz CT molecular complexity index is 684. The van der Waals surface area contributed by atoms with Gasteiger partial charge < -0.3 is 14.3 Å². The molecule has 1 heterocycles. The summed E-state index contributed by atoms with van der Waals surface area (Å²) in [6.07, 6.45) is 0.576. The number of aliphatic hydroxyl groups excluding tert-OH is 1. The minimum Gasteiger partial charge on any atom is -0.490 e. The Kier molecular flexibility index (Phi) is 3.93. The van der Waals surface area contributed by atoms with Crippen LogP contribution in [0.15, 0.2) is 65.4 Å². The molecular weight excluding hydrogens is 268 g/mol. The van der Waals surface area contributed by atoms with Gasteiger partial charge in [0.1, 0.15) is 18.5 Å². The molecule has 0 spiro atoms. The number of ether oxygens (including phenoxy) is 1. The van der Waals surface area contributed by atoms with Crippen LogP contribution in [0.4, 0.5) is 0 Å². The van der Waals surface area contributed by atoms with Crippen LogP contribution in [0, 0.1) is 0 Å². The van der Waals surface area contributed by atoms with Crippen LogP contribution in [-0.4, -0.2) is 21.9 Å². The van der Waals surface area contributed by atoms with Gasteiger partial charge in [-0.3, -0.25) is 0 Å². The molecule has 3 aromatic rings. The van der Waals surface area contributed by atoms with Crippen molar-refractivity contribution in [2.24, 2.45) is 0 Å². The molecule has 1 aromatic heterocycles. The first-order chi connectivity index (χ1) is 10.3. The lowest BCUT2D eigenvalue weighted by Gasteiger charge is -2.14. The van der Waals surface area contributed by atoms with E-state index in [1.54, 1.807) is 6.07 Å². The van der Waals surface area contributed by atoms with Gasteiger partial charge in [0, 0.05) is 0 Å². The highest BCUT2D eigenvalue weighted by molar-refractivity contribution is 5.62. The molecule has 0 bridgehead atoms. The summed E-state index contributed by atoms with van der Waals surface area (Å²) in [7, 11) is 0. The number of nitrogens with zero attached hydrogens (tertiary/aromatic N) is 2. The van der Waals surface area contributed by atoms with Crippen LogP contribution in [0.2, 0.25) is 0 Å². The topological polar surface area (TPSA) is 68.4 Å². The molecule has 0 fully saturated rings. The fourth-order valence-electron chi connectivity index (χ4n) is 2.00. The molecule has 0 aliphatic heterocycles. The molecule has 1 N–H and O–H groups in total. The molecule has 0 amide bonds. The first kappa shape index (κ1) is 13.3. The van der Waals surface area contributed by atoms with Crippen molar-refractivity contribution >= 4 is 0 Å². The first-order valence-corrected chi connectivity index (χ1v) is 6.56. The lowest BCUT2D eigenvalue weighted by molar-refractivity contribution is 0.108. The zero-order chi connectivity index (χ0) is 14.5. The van der Waals surface area contributed by atoms with Crippen LogP contribution in [0.1, 0.15) is 11.7 Å². The predicted octanol–water partition coefficient (Wildman–Crippen LogP) is 2.85. The molecule has 21 heavy (non-hydrogen) atoms. The monoisotopic (exact) mass is 282 g/mol. The van der Waals surface area contributed by atoms with Crippen LogP contribution in [0.3, 0.4) is 0 Å². The van der Waals surface area contributed by atoms with Gasteiger partial charge in [-0.25, -0.2) is 0 Å². The van der Waals surface area contributed by atoms with Crippen molar-refractivity contribution in [3.05, 3.63) is 66.6 Å². The second-order valence-corrected chi connectivity index (χ2v) is 4.48. The van der Waals surface area contributed by atoms with Crippen molar-refractivity contribution in [3.8, 4) is 17.2 Å². The number of aromatic nitrogens is 2. The van der Waals surface area contributed by atoms with Crippen molar-refractivity contribution in [2.75, 3.05) is 6.61 Å². The fourth-order valence-corrected chi connectivity index (χ4v) is 2.00. The van der Waals surface area contributed by atoms with E-state index in [4.69, 9.17) is 9.15 Å². The molecule has 0 saturated carbocycles. The van der Waals surface area contributed by atoms with Crippen LogP contribution in [0.5, 0.6) is 5.75 Å². The van der Waals surface area contributed by atoms with Gasteiger partial charge >= 0.3 is 0 Å². The van der Waals surface area contributed by atoms with E-state index in [0.717, 1.165) is 5.56 Å². The van der Waals surface area contributed by atoms with Crippen molar-refractivity contribution in [2.45, 2.75) is 6.10 Å². The average molecular weight is 282 g/mol. The van der Waals surface area contributed by atoms with E-state index in [2.05, 4.69) is 10.2 Å². The molecule has 5 heteroatoms. The summed E-state index contributed by atoms with van der Waals surface area (Å²) in [4.78, 5) is 0. The minimum atomic E-state index is -0.693. The predicted molar refractivity (Wildman–Crippen MR) is 76.6 cm³/mol. The van der Waals surface area contributed by atoms with E-state index in [9.17, 15) is 5.11 Å². The lowest BCUT2D eigenvalue weighted by atomic mass is 10.1. The van der Waals surface area contributed by atoms with Crippen LogP contribution in [0.25, 0.3) is 11.5 Å². The van der Waals surface area contributed by atoms with E-state index in [-0.39, 0.29) is 6.61 Å². The van der Waals surface area contributed by atoms with Gasteiger partial charge in [0.25, 0.3) is 5.89 Å². The van der Waals surface area contributed by atoms with E-state index in [1.807, 2.05) is 48.5 Å². The Labute approximate surface area is 121 Å². The zero-order valence-electron chi connectivity index (χ0n) is 11.2. The summed E-state index contributed by atoms with van der Waals surface area (Å²) in [5, 5.41) is 17.7. The van der Waals surface area contributed by atoms with Gasteiger partial charge in [0.2, 0.25) is 6.39 Å². The number of hydrogen-bond donors (Lipinski definition) is 1. The van der Waals surface area contributed by atoms with Gasteiger partial charge in [0.15, 0.2) is 0 Å². The Morgan fingerprint density at radius 1 is 1.05 bits per heavy atom. The second kappa shape index (κ2) is 6.19. The highest BCUT2D eigenvalue weighted by Crippen LogP contribution is 2.28. The van der Waals surface area contributed by atoms with Crippen LogP contribution < -0.4 is 4.74 Å². The van der Waals surface area contributed by atoms with Crippen molar-refractivity contribution in [3.63, 3.8) is 0 Å². The fraction of sp³-hybridized carbons (Fsp3) is 0.125. The molecule has 1 atom stereocenters. The third-order valence-corrected chi connectivity index (χ3v) is 3.06. The number of para-hydroxylation sites is 1. The summed E-state index contributed by atoms with van der Waals surface area (Å²) in [6, 6.07) is 16.7. The second-order valence-electron chi connectivity index (χ2n) is 4.48. The smallest absolute Gasteiger partial charge is 0.251 e. The Balaban J connectivity index is 1.74. The molecule has 0 saturated heterocycles. The highest BCUT2D eigenvalue weighted by Gasteiger charge is 2.13. The van der Waals surface area contributed by atoms with Gasteiger partial charge in [-0.05, 0) is 17.7 Å². The average Bonchev–Trinajstić information content (AvgIpc) is 3.08. The first-order valence-electron chi connectivity index (χ1n) is 6.56. The Morgan fingerprint density at radius 2 is 1.81 bits per heavy atom. The number of benzene rings is 2. The molecule has 106 valence electrons. The normalized spacial score (nSPS) is 12.0. The van der Waals surface area contributed by atoms with Crippen molar-refractivity contribution < 1.29 is 14.3 Å². The maximum Gasteiger partial charge on any atom is 0.251 e. The molecule has 0 radical (unpaired) electrons. The Morgan fingerprint density at radius 3 is 2.57 bits per heavy atom.